The van der Waals surface area contributed by atoms with Gasteiger partial charge in [0.2, 0.25) is 11.8 Å². The Kier molecular flexibility index (Phi) is 6.31. The highest BCUT2D eigenvalue weighted by Gasteiger charge is 2.31. The Labute approximate surface area is 141 Å². The zero-order valence-electron chi connectivity index (χ0n) is 14.2. The fourth-order valence-electron chi connectivity index (χ4n) is 3.00. The van der Waals surface area contributed by atoms with E-state index in [9.17, 15) is 19.1 Å². The van der Waals surface area contributed by atoms with Gasteiger partial charge in [-0.2, -0.15) is 0 Å². The van der Waals surface area contributed by atoms with Crippen LogP contribution in [0.4, 0.5) is 4.39 Å². The van der Waals surface area contributed by atoms with Crippen LogP contribution in [0.3, 0.4) is 0 Å². The van der Waals surface area contributed by atoms with Crippen LogP contribution in [0.1, 0.15) is 44.8 Å². The molecule has 0 bridgehead atoms. The van der Waals surface area contributed by atoms with E-state index in [-0.39, 0.29) is 29.6 Å². The molecule has 0 spiro atoms. The van der Waals surface area contributed by atoms with Gasteiger partial charge >= 0.3 is 0 Å². The minimum absolute atomic E-state index is 0.0741. The standard InChI is InChI=1S/C18H25FN2O3/c1-3-17(23)21-9-8-14(11-21)18(24)20-12(2)10-16(22)13-4-6-15(19)7-5-13/h4-7,12,14,16,22H,3,8-11H2,1-2H3,(H,20,24). The maximum atomic E-state index is 12.9. The van der Waals surface area contributed by atoms with Crippen LogP contribution in [0.25, 0.3) is 0 Å². The summed E-state index contributed by atoms with van der Waals surface area (Å²) in [4.78, 5) is 25.7. The molecule has 1 aromatic rings. The molecule has 1 saturated heterocycles. The van der Waals surface area contributed by atoms with E-state index in [1.807, 2.05) is 13.8 Å². The number of hydrogen-bond acceptors (Lipinski definition) is 3. The topological polar surface area (TPSA) is 69.6 Å². The zero-order chi connectivity index (χ0) is 17.7. The van der Waals surface area contributed by atoms with Crippen molar-refractivity contribution in [3.8, 4) is 0 Å². The summed E-state index contributed by atoms with van der Waals surface area (Å²) in [5.74, 6) is -0.545. The Hall–Kier alpha value is -1.95. The number of benzene rings is 1. The number of rotatable bonds is 6. The van der Waals surface area contributed by atoms with Crippen LogP contribution in [-0.4, -0.2) is 41.0 Å². The summed E-state index contributed by atoms with van der Waals surface area (Å²) in [6.07, 6.45) is 0.712. The van der Waals surface area contributed by atoms with E-state index in [1.54, 1.807) is 17.0 Å². The lowest BCUT2D eigenvalue weighted by Crippen LogP contribution is -2.39. The Morgan fingerprint density at radius 2 is 2.04 bits per heavy atom. The van der Waals surface area contributed by atoms with Gasteiger partial charge in [-0.15, -0.1) is 0 Å². The number of carbonyl (C=O) groups excluding carboxylic acids is 2. The van der Waals surface area contributed by atoms with Gasteiger partial charge in [-0.1, -0.05) is 19.1 Å². The van der Waals surface area contributed by atoms with Crippen molar-refractivity contribution >= 4 is 11.8 Å². The molecule has 1 aliphatic heterocycles. The Bertz CT molecular complexity index is 576. The van der Waals surface area contributed by atoms with Crippen LogP contribution in [0.2, 0.25) is 0 Å². The molecule has 5 nitrogen and oxygen atoms in total. The monoisotopic (exact) mass is 336 g/mol. The summed E-state index contributed by atoms with van der Waals surface area (Å²) >= 11 is 0. The van der Waals surface area contributed by atoms with Crippen LogP contribution in [0.5, 0.6) is 0 Å². The highest BCUT2D eigenvalue weighted by molar-refractivity contribution is 5.82. The summed E-state index contributed by atoms with van der Waals surface area (Å²) in [7, 11) is 0. The van der Waals surface area contributed by atoms with Gasteiger partial charge in [-0.05, 0) is 37.5 Å². The predicted octanol–water partition coefficient (Wildman–Crippen LogP) is 2.01. The van der Waals surface area contributed by atoms with E-state index in [2.05, 4.69) is 5.32 Å². The number of nitrogens with one attached hydrogen (secondary N) is 1. The average molecular weight is 336 g/mol. The smallest absolute Gasteiger partial charge is 0.225 e. The van der Waals surface area contributed by atoms with Crippen molar-refractivity contribution in [1.82, 2.24) is 10.2 Å². The van der Waals surface area contributed by atoms with Gasteiger partial charge in [0.05, 0.1) is 12.0 Å². The molecule has 1 aliphatic rings. The first-order chi connectivity index (χ1) is 11.4. The number of likely N-dealkylation sites (tertiary alicyclic amines) is 1. The predicted molar refractivity (Wildman–Crippen MR) is 88.6 cm³/mol. The largest absolute Gasteiger partial charge is 0.388 e. The molecule has 0 aliphatic carbocycles. The molecule has 2 N–H and O–H groups in total. The number of nitrogens with zero attached hydrogens (tertiary/aromatic N) is 1. The molecule has 1 aromatic carbocycles. The Morgan fingerprint density at radius 1 is 1.38 bits per heavy atom. The molecule has 132 valence electrons. The second kappa shape index (κ2) is 8.24. The van der Waals surface area contributed by atoms with Crippen LogP contribution in [-0.2, 0) is 9.59 Å². The van der Waals surface area contributed by atoms with Crippen LogP contribution >= 0.6 is 0 Å². The summed E-state index contributed by atoms with van der Waals surface area (Å²) in [6.45, 7) is 4.73. The molecule has 0 radical (unpaired) electrons. The van der Waals surface area contributed by atoms with Crippen molar-refractivity contribution in [3.63, 3.8) is 0 Å². The van der Waals surface area contributed by atoms with Crippen molar-refractivity contribution in [3.05, 3.63) is 35.6 Å². The first-order valence-electron chi connectivity index (χ1n) is 8.42. The number of halogens is 1. The minimum atomic E-state index is -0.761. The van der Waals surface area contributed by atoms with Crippen LogP contribution in [0, 0.1) is 11.7 Å². The molecule has 0 aromatic heterocycles. The van der Waals surface area contributed by atoms with Crippen molar-refractivity contribution in [2.75, 3.05) is 13.1 Å². The van der Waals surface area contributed by atoms with Gasteiger partial charge in [0.15, 0.2) is 0 Å². The third-order valence-corrected chi connectivity index (χ3v) is 4.43. The van der Waals surface area contributed by atoms with E-state index in [0.717, 1.165) is 0 Å². The van der Waals surface area contributed by atoms with Crippen LogP contribution in [0.15, 0.2) is 24.3 Å². The zero-order valence-corrected chi connectivity index (χ0v) is 14.2. The van der Waals surface area contributed by atoms with E-state index >= 15 is 0 Å². The lowest BCUT2D eigenvalue weighted by atomic mass is 10.0. The van der Waals surface area contributed by atoms with E-state index in [1.165, 1.54) is 12.1 Å². The fourth-order valence-corrected chi connectivity index (χ4v) is 3.00. The van der Waals surface area contributed by atoms with Gasteiger partial charge < -0.3 is 15.3 Å². The quantitative estimate of drug-likeness (QED) is 0.835. The first kappa shape index (κ1) is 18.4. The van der Waals surface area contributed by atoms with Gasteiger partial charge in [0, 0.05) is 25.6 Å². The fraction of sp³-hybridized carbons (Fsp3) is 0.556. The Balaban J connectivity index is 1.81. The molecular weight excluding hydrogens is 311 g/mol. The summed E-state index contributed by atoms with van der Waals surface area (Å²) < 4.78 is 12.9. The van der Waals surface area contributed by atoms with Crippen molar-refractivity contribution < 1.29 is 19.1 Å². The second-order valence-corrected chi connectivity index (χ2v) is 6.39. The number of aliphatic hydroxyl groups is 1. The summed E-state index contributed by atoms with van der Waals surface area (Å²) in [5, 5.41) is 13.1. The van der Waals surface area contributed by atoms with E-state index in [4.69, 9.17) is 0 Å². The number of amides is 2. The van der Waals surface area contributed by atoms with E-state index < -0.39 is 6.10 Å². The molecule has 3 unspecified atom stereocenters. The number of carbonyl (C=O) groups is 2. The van der Waals surface area contributed by atoms with Crippen molar-refractivity contribution in [2.24, 2.45) is 5.92 Å². The van der Waals surface area contributed by atoms with Crippen molar-refractivity contribution in [2.45, 2.75) is 45.3 Å². The molecule has 0 saturated carbocycles. The van der Waals surface area contributed by atoms with Crippen LogP contribution < -0.4 is 5.32 Å². The number of hydrogen-bond donors (Lipinski definition) is 2. The molecule has 1 heterocycles. The molecule has 1 fully saturated rings. The molecule has 2 rings (SSSR count). The third-order valence-electron chi connectivity index (χ3n) is 4.43. The number of aliphatic hydroxyl groups excluding tert-OH is 1. The first-order valence-corrected chi connectivity index (χ1v) is 8.42. The highest BCUT2D eigenvalue weighted by Crippen LogP contribution is 2.20. The van der Waals surface area contributed by atoms with Crippen molar-refractivity contribution in [1.29, 1.82) is 0 Å². The highest BCUT2D eigenvalue weighted by atomic mass is 19.1. The SMILES string of the molecule is CCC(=O)N1CCC(C(=O)NC(C)CC(O)c2ccc(F)cc2)C1. The molecule has 2 amide bonds. The normalized spacial score (nSPS) is 19.8. The summed E-state index contributed by atoms with van der Waals surface area (Å²) in [6, 6.07) is 5.48. The average Bonchev–Trinajstić information content (AvgIpc) is 3.04. The molecule has 3 atom stereocenters. The minimum Gasteiger partial charge on any atom is -0.388 e. The van der Waals surface area contributed by atoms with Gasteiger partial charge in [0.1, 0.15) is 5.82 Å². The second-order valence-electron chi connectivity index (χ2n) is 6.39. The summed E-state index contributed by atoms with van der Waals surface area (Å²) in [5.41, 5.74) is 0.623. The maximum Gasteiger partial charge on any atom is 0.225 e. The van der Waals surface area contributed by atoms with Gasteiger partial charge in [-0.25, -0.2) is 4.39 Å². The maximum absolute atomic E-state index is 12.9. The van der Waals surface area contributed by atoms with Gasteiger partial charge in [-0.3, -0.25) is 9.59 Å². The molecule has 24 heavy (non-hydrogen) atoms. The third kappa shape index (κ3) is 4.77. The Morgan fingerprint density at radius 3 is 2.67 bits per heavy atom. The lowest BCUT2D eigenvalue weighted by Gasteiger charge is -2.20. The van der Waals surface area contributed by atoms with E-state index in [0.29, 0.717) is 37.9 Å². The lowest BCUT2D eigenvalue weighted by molar-refractivity contribution is -0.130. The van der Waals surface area contributed by atoms with Gasteiger partial charge in [0.25, 0.3) is 0 Å². The molecular formula is C18H25FN2O3. The molecule has 6 heteroatoms.